The van der Waals surface area contributed by atoms with Crippen LogP contribution in [0.5, 0.6) is 0 Å². The molecule has 0 fully saturated rings. The van der Waals surface area contributed by atoms with Crippen LogP contribution in [0.15, 0.2) is 24.3 Å². The summed E-state index contributed by atoms with van der Waals surface area (Å²) in [7, 11) is 1.57. The molecule has 1 amide bonds. The number of unbranched alkanes of at least 4 members (excludes halogenated alkanes) is 22. The molecule has 0 heterocycles. The second kappa shape index (κ2) is 51.8. The SMILES string of the molecule is CCCCCCCC/C=C\CCCCCCCC(=O)CCCN(CCCC(=O)CCCCCCC/C=C\CCCCCCCC)CCCC(=O)CCOCCOCCOCC(=O)NC. The Labute approximate surface area is 394 Å². The average molecular weight is 903 g/mol. The van der Waals surface area contributed by atoms with E-state index in [1.165, 1.54) is 141 Å². The Bertz CT molecular complexity index is 1050. The Morgan fingerprint density at radius 2 is 0.688 bits per heavy atom. The third kappa shape index (κ3) is 49.2. The van der Waals surface area contributed by atoms with E-state index in [0.717, 1.165) is 64.6 Å². The van der Waals surface area contributed by atoms with Gasteiger partial charge in [-0.05, 0) is 103 Å². The summed E-state index contributed by atoms with van der Waals surface area (Å²) in [4.78, 5) is 51.6. The van der Waals surface area contributed by atoms with Crippen LogP contribution in [0.1, 0.15) is 239 Å². The van der Waals surface area contributed by atoms with Gasteiger partial charge < -0.3 is 24.4 Å². The maximum atomic E-state index is 12.7. The van der Waals surface area contributed by atoms with Crippen molar-refractivity contribution in [3.63, 3.8) is 0 Å². The van der Waals surface area contributed by atoms with Crippen LogP contribution in [0.25, 0.3) is 0 Å². The lowest BCUT2D eigenvalue weighted by Gasteiger charge is -2.22. The number of carbonyl (C=O) groups is 4. The summed E-state index contributed by atoms with van der Waals surface area (Å²) in [5, 5.41) is 2.50. The van der Waals surface area contributed by atoms with Crippen LogP contribution in [-0.4, -0.2) is 94.5 Å². The molecule has 64 heavy (non-hydrogen) atoms. The van der Waals surface area contributed by atoms with E-state index < -0.39 is 0 Å². The lowest BCUT2D eigenvalue weighted by atomic mass is 10.0. The zero-order valence-corrected chi connectivity index (χ0v) is 42.2. The Morgan fingerprint density at radius 1 is 0.375 bits per heavy atom. The molecule has 0 aliphatic heterocycles. The average Bonchev–Trinajstić information content (AvgIpc) is 3.29. The van der Waals surface area contributed by atoms with Gasteiger partial charge in [-0.15, -0.1) is 0 Å². The third-order valence-corrected chi connectivity index (χ3v) is 12.0. The van der Waals surface area contributed by atoms with Crippen LogP contribution in [0, 0.1) is 0 Å². The molecule has 0 rings (SSSR count). The fourth-order valence-electron chi connectivity index (χ4n) is 7.86. The van der Waals surface area contributed by atoms with Gasteiger partial charge in [-0.1, -0.05) is 141 Å². The molecule has 9 heteroatoms. The van der Waals surface area contributed by atoms with Gasteiger partial charge in [0.2, 0.25) is 5.91 Å². The maximum Gasteiger partial charge on any atom is 0.245 e. The highest BCUT2D eigenvalue weighted by Gasteiger charge is 2.11. The molecule has 0 aliphatic rings. The number of likely N-dealkylation sites (N-methyl/N-ethyl adjacent to an activating group) is 1. The molecule has 0 bridgehead atoms. The first-order chi connectivity index (χ1) is 31.4. The highest BCUT2D eigenvalue weighted by molar-refractivity contribution is 5.79. The highest BCUT2D eigenvalue weighted by Crippen LogP contribution is 2.14. The number of rotatable bonds is 53. The normalized spacial score (nSPS) is 11.8. The lowest BCUT2D eigenvalue weighted by molar-refractivity contribution is -0.126. The Morgan fingerprint density at radius 3 is 1.08 bits per heavy atom. The number of nitrogens with one attached hydrogen (secondary N) is 1. The quantitative estimate of drug-likeness (QED) is 0.0475. The van der Waals surface area contributed by atoms with E-state index in [1.807, 2.05) is 0 Å². The molecule has 1 N–H and O–H groups in total. The first kappa shape index (κ1) is 61.8. The minimum absolute atomic E-state index is 0.0200. The number of hydrogen-bond donors (Lipinski definition) is 1. The topological polar surface area (TPSA) is 111 Å². The number of ketones is 3. The molecule has 374 valence electrons. The number of carbonyl (C=O) groups excluding carboxylic acids is 4. The molecule has 0 atom stereocenters. The first-order valence-corrected chi connectivity index (χ1v) is 26.9. The third-order valence-electron chi connectivity index (χ3n) is 12.0. The summed E-state index contributed by atoms with van der Waals surface area (Å²) in [6.07, 6.45) is 48.1. The van der Waals surface area contributed by atoms with Crippen LogP contribution < -0.4 is 5.32 Å². The number of nitrogens with zero attached hydrogens (tertiary/aromatic N) is 1. The number of ether oxygens (including phenoxy) is 3. The van der Waals surface area contributed by atoms with Crippen molar-refractivity contribution in [3.05, 3.63) is 24.3 Å². The molecule has 0 aromatic heterocycles. The summed E-state index contributed by atoms with van der Waals surface area (Å²) in [6, 6.07) is 0. The Balaban J connectivity index is 4.34. The van der Waals surface area contributed by atoms with Crippen LogP contribution >= 0.6 is 0 Å². The van der Waals surface area contributed by atoms with Gasteiger partial charge in [-0.2, -0.15) is 0 Å². The molecular formula is C55H102N2O7. The zero-order valence-electron chi connectivity index (χ0n) is 42.2. The van der Waals surface area contributed by atoms with E-state index in [4.69, 9.17) is 14.2 Å². The van der Waals surface area contributed by atoms with Crippen LogP contribution in [0.3, 0.4) is 0 Å². The van der Waals surface area contributed by atoms with Crippen molar-refractivity contribution < 1.29 is 33.4 Å². The molecule has 0 unspecified atom stereocenters. The van der Waals surface area contributed by atoms with Gasteiger partial charge in [0.1, 0.15) is 24.0 Å². The summed E-state index contributed by atoms with van der Waals surface area (Å²) in [5.74, 6) is 0.747. The number of amides is 1. The molecule has 0 saturated carbocycles. The standard InChI is InChI=1S/C55H102N2O7/c1-4-6-8-10-12-14-16-18-20-22-24-26-28-30-32-37-52(58)39-34-43-57(45-36-41-54(60)42-46-62-47-48-63-49-50-64-51-55(61)56-3)44-35-40-53(59)38-33-31-29-27-25-23-21-19-17-15-13-11-9-7-5-2/h18-21H,4-17,22-51H2,1-3H3,(H,56,61)/b20-18-,21-19-. The molecule has 0 aromatic carbocycles. The Kier molecular flexibility index (Phi) is 50.0. The van der Waals surface area contributed by atoms with Crippen LogP contribution in [0.4, 0.5) is 0 Å². The van der Waals surface area contributed by atoms with Crippen molar-refractivity contribution in [3.8, 4) is 0 Å². The summed E-state index contributed by atoms with van der Waals surface area (Å²) >= 11 is 0. The van der Waals surface area contributed by atoms with Crippen molar-refractivity contribution in [2.75, 3.05) is 66.3 Å². The van der Waals surface area contributed by atoms with Gasteiger partial charge in [0.25, 0.3) is 0 Å². The van der Waals surface area contributed by atoms with Gasteiger partial charge >= 0.3 is 0 Å². The number of hydrogen-bond acceptors (Lipinski definition) is 8. The smallest absolute Gasteiger partial charge is 0.245 e. The van der Waals surface area contributed by atoms with Gasteiger partial charge in [-0.3, -0.25) is 19.2 Å². The molecule has 0 aromatic rings. The molecule has 9 nitrogen and oxygen atoms in total. The van der Waals surface area contributed by atoms with Crippen LogP contribution in [-0.2, 0) is 33.4 Å². The minimum Gasteiger partial charge on any atom is -0.379 e. The zero-order chi connectivity index (χ0) is 46.7. The predicted molar refractivity (Wildman–Crippen MR) is 269 cm³/mol. The predicted octanol–water partition coefficient (Wildman–Crippen LogP) is 13.6. The maximum absolute atomic E-state index is 12.7. The van der Waals surface area contributed by atoms with Crippen molar-refractivity contribution in [1.82, 2.24) is 10.2 Å². The summed E-state index contributed by atoms with van der Waals surface area (Å²) in [5.41, 5.74) is 0. The Hall–Kier alpha value is -2.20. The monoisotopic (exact) mass is 903 g/mol. The van der Waals surface area contributed by atoms with Gasteiger partial charge in [0.05, 0.1) is 33.0 Å². The summed E-state index contributed by atoms with van der Waals surface area (Å²) < 4.78 is 16.2. The first-order valence-electron chi connectivity index (χ1n) is 26.9. The van der Waals surface area contributed by atoms with E-state index >= 15 is 0 Å². The highest BCUT2D eigenvalue weighted by atomic mass is 16.5. The van der Waals surface area contributed by atoms with E-state index in [9.17, 15) is 19.2 Å². The fourth-order valence-corrected chi connectivity index (χ4v) is 7.86. The number of Topliss-reactive ketones (excluding diaryl/α,β-unsaturated/α-hetero) is 3. The molecule has 0 saturated heterocycles. The van der Waals surface area contributed by atoms with Crippen molar-refractivity contribution in [2.45, 2.75) is 239 Å². The van der Waals surface area contributed by atoms with Crippen molar-refractivity contribution >= 4 is 23.3 Å². The molecule has 0 spiro atoms. The molecule has 0 radical (unpaired) electrons. The largest absolute Gasteiger partial charge is 0.379 e. The van der Waals surface area contributed by atoms with Crippen LogP contribution in [0.2, 0.25) is 0 Å². The van der Waals surface area contributed by atoms with E-state index in [1.54, 1.807) is 7.05 Å². The minimum atomic E-state index is -0.169. The molecular weight excluding hydrogens is 801 g/mol. The second-order valence-corrected chi connectivity index (χ2v) is 18.1. The molecule has 0 aliphatic carbocycles. The van der Waals surface area contributed by atoms with E-state index in [0.29, 0.717) is 83.1 Å². The fraction of sp³-hybridized carbons (Fsp3) is 0.855. The van der Waals surface area contributed by atoms with Gasteiger partial charge in [0, 0.05) is 45.6 Å². The van der Waals surface area contributed by atoms with Crippen molar-refractivity contribution in [1.29, 1.82) is 0 Å². The lowest BCUT2D eigenvalue weighted by Crippen LogP contribution is -2.28. The second-order valence-electron chi connectivity index (χ2n) is 18.1. The van der Waals surface area contributed by atoms with Gasteiger partial charge in [-0.25, -0.2) is 0 Å². The van der Waals surface area contributed by atoms with E-state index in [-0.39, 0.29) is 18.3 Å². The van der Waals surface area contributed by atoms with Gasteiger partial charge in [0.15, 0.2) is 0 Å². The summed E-state index contributed by atoms with van der Waals surface area (Å²) in [6.45, 7) is 8.92. The van der Waals surface area contributed by atoms with Crippen molar-refractivity contribution in [2.24, 2.45) is 0 Å². The van der Waals surface area contributed by atoms with E-state index in [2.05, 4.69) is 48.4 Å². The number of allylic oxidation sites excluding steroid dienone is 4.